The molecule has 3 rings (SSSR count). The van der Waals surface area contributed by atoms with Gasteiger partial charge in [0.1, 0.15) is 11.6 Å². The second-order valence-electron chi connectivity index (χ2n) is 6.28. The van der Waals surface area contributed by atoms with E-state index in [9.17, 15) is 9.59 Å². The molecule has 1 amide bonds. The van der Waals surface area contributed by atoms with E-state index in [2.05, 4.69) is 20.1 Å². The lowest BCUT2D eigenvalue weighted by atomic mass is 10.0. The second kappa shape index (κ2) is 7.04. The van der Waals surface area contributed by atoms with Crippen LogP contribution in [0.15, 0.2) is 18.2 Å². The largest absolute Gasteiger partial charge is 0.496 e. The molecule has 1 atom stereocenters. The molecule has 0 radical (unpaired) electrons. The van der Waals surface area contributed by atoms with Gasteiger partial charge in [0, 0.05) is 24.1 Å². The van der Waals surface area contributed by atoms with E-state index in [-0.39, 0.29) is 24.2 Å². The van der Waals surface area contributed by atoms with Gasteiger partial charge in [-0.3, -0.25) is 9.59 Å². The summed E-state index contributed by atoms with van der Waals surface area (Å²) in [5, 5.41) is 11.3. The number of methoxy groups -OCH3 is 1. The van der Waals surface area contributed by atoms with E-state index in [1.807, 2.05) is 6.92 Å². The molecular formula is C18H22N4O3. The first-order chi connectivity index (χ1) is 12.0. The fourth-order valence-electron chi connectivity index (χ4n) is 3.16. The second-order valence-corrected chi connectivity index (χ2v) is 6.28. The van der Waals surface area contributed by atoms with Crippen molar-refractivity contribution in [3.63, 3.8) is 0 Å². The van der Waals surface area contributed by atoms with Crippen molar-refractivity contribution in [3.8, 4) is 5.75 Å². The van der Waals surface area contributed by atoms with Crippen LogP contribution >= 0.6 is 0 Å². The molecule has 2 aromatic rings. The van der Waals surface area contributed by atoms with Gasteiger partial charge in [0.05, 0.1) is 19.6 Å². The Hall–Kier alpha value is -2.70. The number of Topliss-reactive ketones (excluding diaryl/α,β-unsaturated/α-hetero) is 1. The smallest absolute Gasteiger partial charge is 0.225 e. The zero-order valence-electron chi connectivity index (χ0n) is 14.7. The Bertz CT molecular complexity index is 813. The molecule has 2 heterocycles. The highest BCUT2D eigenvalue weighted by atomic mass is 16.5. The van der Waals surface area contributed by atoms with Crippen LogP contribution in [0.25, 0.3) is 0 Å². The predicted molar refractivity (Wildman–Crippen MR) is 91.6 cm³/mol. The van der Waals surface area contributed by atoms with Crippen LogP contribution in [0.4, 0.5) is 0 Å². The number of ether oxygens (including phenoxy) is 1. The molecule has 1 aliphatic rings. The van der Waals surface area contributed by atoms with Crippen LogP contribution in [-0.4, -0.2) is 33.6 Å². The monoisotopic (exact) mass is 342 g/mol. The first-order valence-electron chi connectivity index (χ1n) is 8.38. The average molecular weight is 342 g/mol. The van der Waals surface area contributed by atoms with Crippen molar-refractivity contribution in [2.45, 2.75) is 45.7 Å². The molecule has 0 bridgehead atoms. The third-order valence-electron chi connectivity index (χ3n) is 4.44. The SMILES string of the molecule is COc1ccc(C(C)=O)cc1CC(=O)N[C@H](C)c1nnc2n1CCC2. The number of nitrogens with one attached hydrogen (secondary N) is 1. The van der Waals surface area contributed by atoms with Gasteiger partial charge in [0.2, 0.25) is 5.91 Å². The standard InChI is InChI=1S/C18H22N4O3/c1-11(18-21-20-16-5-4-8-22(16)18)19-17(24)10-14-9-13(12(2)23)6-7-15(14)25-3/h6-7,9,11H,4-5,8,10H2,1-3H3,(H,19,24)/t11-/m1/s1. The maximum absolute atomic E-state index is 12.5. The number of carbonyl (C=O) groups is 2. The summed E-state index contributed by atoms with van der Waals surface area (Å²) in [5.41, 5.74) is 1.25. The van der Waals surface area contributed by atoms with Gasteiger partial charge < -0.3 is 14.6 Å². The van der Waals surface area contributed by atoms with Gasteiger partial charge >= 0.3 is 0 Å². The average Bonchev–Trinajstić information content (AvgIpc) is 3.17. The summed E-state index contributed by atoms with van der Waals surface area (Å²) in [6, 6.07) is 4.90. The number of benzene rings is 1. The lowest BCUT2D eigenvalue weighted by Crippen LogP contribution is -2.30. The van der Waals surface area contributed by atoms with Crippen LogP contribution in [-0.2, 0) is 24.2 Å². The predicted octanol–water partition coefficient (Wildman–Crippen LogP) is 1.86. The first kappa shape index (κ1) is 17.1. The number of carbonyl (C=O) groups excluding carboxylic acids is 2. The van der Waals surface area contributed by atoms with Crippen molar-refractivity contribution in [2.24, 2.45) is 0 Å². The van der Waals surface area contributed by atoms with Gasteiger partial charge in [-0.15, -0.1) is 10.2 Å². The van der Waals surface area contributed by atoms with Crippen LogP contribution in [0.3, 0.4) is 0 Å². The summed E-state index contributed by atoms with van der Waals surface area (Å²) in [7, 11) is 1.55. The molecule has 0 saturated carbocycles. The Morgan fingerprint density at radius 2 is 2.16 bits per heavy atom. The van der Waals surface area contributed by atoms with Crippen molar-refractivity contribution >= 4 is 11.7 Å². The summed E-state index contributed by atoms with van der Waals surface area (Å²) < 4.78 is 7.37. The minimum atomic E-state index is -0.228. The summed E-state index contributed by atoms with van der Waals surface area (Å²) in [6.07, 6.45) is 2.13. The normalized spacial score (nSPS) is 14.0. The Morgan fingerprint density at radius 3 is 2.88 bits per heavy atom. The van der Waals surface area contributed by atoms with Crippen molar-refractivity contribution < 1.29 is 14.3 Å². The minimum Gasteiger partial charge on any atom is -0.496 e. The molecule has 1 aromatic heterocycles. The lowest BCUT2D eigenvalue weighted by Gasteiger charge is -2.15. The number of ketones is 1. The van der Waals surface area contributed by atoms with E-state index in [1.54, 1.807) is 25.3 Å². The third-order valence-corrected chi connectivity index (χ3v) is 4.44. The number of hydrogen-bond donors (Lipinski definition) is 1. The highest BCUT2D eigenvalue weighted by Crippen LogP contribution is 2.22. The number of nitrogens with zero attached hydrogens (tertiary/aromatic N) is 3. The first-order valence-corrected chi connectivity index (χ1v) is 8.38. The van der Waals surface area contributed by atoms with Crippen molar-refractivity contribution in [1.29, 1.82) is 0 Å². The summed E-state index contributed by atoms with van der Waals surface area (Å²) in [5.74, 6) is 2.16. The maximum atomic E-state index is 12.5. The van der Waals surface area contributed by atoms with Crippen LogP contribution in [0, 0.1) is 0 Å². The van der Waals surface area contributed by atoms with Crippen LogP contribution < -0.4 is 10.1 Å². The molecule has 132 valence electrons. The Morgan fingerprint density at radius 1 is 1.36 bits per heavy atom. The quantitative estimate of drug-likeness (QED) is 0.810. The van der Waals surface area contributed by atoms with Crippen LogP contribution in [0.1, 0.15) is 53.9 Å². The van der Waals surface area contributed by atoms with E-state index in [0.29, 0.717) is 16.9 Å². The van der Waals surface area contributed by atoms with Crippen molar-refractivity contribution in [1.82, 2.24) is 20.1 Å². The van der Waals surface area contributed by atoms with Gasteiger partial charge in [-0.25, -0.2) is 0 Å². The molecule has 1 N–H and O–H groups in total. The lowest BCUT2D eigenvalue weighted by molar-refractivity contribution is -0.121. The molecule has 25 heavy (non-hydrogen) atoms. The fraction of sp³-hybridized carbons (Fsp3) is 0.444. The van der Waals surface area contributed by atoms with Crippen LogP contribution in [0.5, 0.6) is 5.75 Å². The molecule has 0 unspecified atom stereocenters. The zero-order valence-corrected chi connectivity index (χ0v) is 14.7. The number of aromatic nitrogens is 3. The van der Waals surface area contributed by atoms with Gasteiger partial charge in [-0.2, -0.15) is 0 Å². The van der Waals surface area contributed by atoms with E-state index in [0.717, 1.165) is 31.0 Å². The molecule has 0 fully saturated rings. The summed E-state index contributed by atoms with van der Waals surface area (Å²) in [6.45, 7) is 4.29. The number of fused-ring (bicyclic) bond motifs is 1. The number of amides is 1. The molecule has 0 saturated heterocycles. The number of aryl methyl sites for hydroxylation is 1. The summed E-state index contributed by atoms with van der Waals surface area (Å²) >= 11 is 0. The Balaban J connectivity index is 1.71. The van der Waals surface area contributed by atoms with Crippen molar-refractivity contribution in [3.05, 3.63) is 41.0 Å². The topological polar surface area (TPSA) is 86.1 Å². The Kier molecular flexibility index (Phi) is 4.83. The highest BCUT2D eigenvalue weighted by Gasteiger charge is 2.22. The van der Waals surface area contributed by atoms with E-state index >= 15 is 0 Å². The number of rotatable bonds is 6. The van der Waals surface area contributed by atoms with Gasteiger partial charge in [0.25, 0.3) is 0 Å². The minimum absolute atomic E-state index is 0.0447. The number of hydrogen-bond acceptors (Lipinski definition) is 5. The highest BCUT2D eigenvalue weighted by molar-refractivity contribution is 5.94. The molecular weight excluding hydrogens is 320 g/mol. The summed E-state index contributed by atoms with van der Waals surface area (Å²) in [4.78, 5) is 24.0. The molecule has 0 aliphatic carbocycles. The molecule has 1 aliphatic heterocycles. The van der Waals surface area contributed by atoms with Gasteiger partial charge in [-0.05, 0) is 38.5 Å². The Labute approximate surface area is 146 Å². The maximum Gasteiger partial charge on any atom is 0.225 e. The molecule has 7 heteroatoms. The molecule has 1 aromatic carbocycles. The van der Waals surface area contributed by atoms with E-state index in [1.165, 1.54) is 6.92 Å². The van der Waals surface area contributed by atoms with E-state index in [4.69, 9.17) is 4.74 Å². The molecule has 7 nitrogen and oxygen atoms in total. The fourth-order valence-corrected chi connectivity index (χ4v) is 3.16. The zero-order chi connectivity index (χ0) is 18.0. The van der Waals surface area contributed by atoms with Crippen molar-refractivity contribution in [2.75, 3.05) is 7.11 Å². The van der Waals surface area contributed by atoms with Gasteiger partial charge in [0.15, 0.2) is 11.6 Å². The van der Waals surface area contributed by atoms with Crippen LogP contribution in [0.2, 0.25) is 0 Å². The van der Waals surface area contributed by atoms with Gasteiger partial charge in [-0.1, -0.05) is 0 Å². The molecule has 0 spiro atoms. The third kappa shape index (κ3) is 3.55. The van der Waals surface area contributed by atoms with E-state index < -0.39 is 0 Å².